The van der Waals surface area contributed by atoms with Gasteiger partial charge in [-0.15, -0.1) is 0 Å². The molecule has 0 saturated carbocycles. The average Bonchev–Trinajstić information content (AvgIpc) is 3.36. The van der Waals surface area contributed by atoms with Crippen molar-refractivity contribution < 1.29 is 31.9 Å². The Kier molecular flexibility index (Phi) is 7.60. The number of anilines is 2. The Morgan fingerprint density at radius 3 is 2.41 bits per heavy atom. The van der Waals surface area contributed by atoms with Crippen LogP contribution in [0.3, 0.4) is 0 Å². The molecule has 2 amide bonds. The molecule has 13 heteroatoms. The zero-order valence-electron chi connectivity index (χ0n) is 20.2. The van der Waals surface area contributed by atoms with Crippen molar-refractivity contribution in [2.45, 2.75) is 32.0 Å². The molecule has 3 heterocycles. The van der Waals surface area contributed by atoms with E-state index in [0.29, 0.717) is 44.0 Å². The number of piperidine rings is 1. The lowest BCUT2D eigenvalue weighted by molar-refractivity contribution is -0.153. The Bertz CT molecular complexity index is 1230. The molecule has 1 saturated heterocycles. The maximum Gasteiger partial charge on any atom is 0.452 e. The summed E-state index contributed by atoms with van der Waals surface area (Å²) in [7, 11) is 1.70. The number of amides is 2. The van der Waals surface area contributed by atoms with E-state index in [1.807, 2.05) is 4.90 Å². The maximum atomic E-state index is 13.5. The van der Waals surface area contributed by atoms with Crippen molar-refractivity contribution in [2.75, 3.05) is 37.0 Å². The number of aromatic nitrogens is 3. The Hall–Kier alpha value is -4.16. The monoisotopic (exact) mass is 518 g/mol. The van der Waals surface area contributed by atoms with Crippen LogP contribution < -0.4 is 10.2 Å². The molecular formula is C24H25F3N6O4. The van der Waals surface area contributed by atoms with Gasteiger partial charge in [-0.2, -0.15) is 13.2 Å². The van der Waals surface area contributed by atoms with Crippen LogP contribution in [0, 0.1) is 0 Å². The summed E-state index contributed by atoms with van der Waals surface area (Å²) in [5.41, 5.74) is -0.483. The molecule has 0 atom stereocenters. The zero-order valence-corrected chi connectivity index (χ0v) is 20.2. The normalized spacial score (nSPS) is 14.4. The van der Waals surface area contributed by atoms with Crippen LogP contribution in [0.1, 0.15) is 36.0 Å². The lowest BCUT2D eigenvalue weighted by Crippen LogP contribution is -2.46. The minimum atomic E-state index is -4.92. The fourth-order valence-electron chi connectivity index (χ4n) is 3.94. The van der Waals surface area contributed by atoms with E-state index in [4.69, 9.17) is 9.15 Å². The summed E-state index contributed by atoms with van der Waals surface area (Å²) in [6.07, 6.45) is -1.29. The van der Waals surface area contributed by atoms with Crippen LogP contribution in [-0.2, 0) is 10.9 Å². The van der Waals surface area contributed by atoms with E-state index >= 15 is 0 Å². The molecule has 0 bridgehead atoms. The zero-order chi connectivity index (χ0) is 26.6. The summed E-state index contributed by atoms with van der Waals surface area (Å²) < 4.78 is 50.5. The topological polar surface area (TPSA) is 114 Å². The summed E-state index contributed by atoms with van der Waals surface area (Å²) in [5, 5.41) is 2.35. The molecule has 3 aromatic rings. The second-order valence-electron chi connectivity index (χ2n) is 8.31. The average molecular weight is 518 g/mol. The number of hydrogen-bond acceptors (Lipinski definition) is 8. The molecule has 1 N–H and O–H groups in total. The highest BCUT2D eigenvalue weighted by Crippen LogP contribution is 2.35. The van der Waals surface area contributed by atoms with Gasteiger partial charge in [0.2, 0.25) is 17.6 Å². The van der Waals surface area contributed by atoms with Gasteiger partial charge in [-0.25, -0.2) is 19.7 Å². The first-order valence-electron chi connectivity index (χ1n) is 11.6. The lowest BCUT2D eigenvalue weighted by atomic mass is 10.0. The van der Waals surface area contributed by atoms with E-state index in [2.05, 4.69) is 20.3 Å². The second-order valence-corrected chi connectivity index (χ2v) is 8.31. The van der Waals surface area contributed by atoms with Gasteiger partial charge in [0, 0.05) is 31.7 Å². The first-order valence-corrected chi connectivity index (χ1v) is 11.6. The van der Waals surface area contributed by atoms with Crippen molar-refractivity contribution in [3.05, 3.63) is 54.2 Å². The van der Waals surface area contributed by atoms with Crippen molar-refractivity contribution in [3.63, 3.8) is 0 Å². The SMILES string of the molecule is CCOC(=O)N(C)C1CCN(c2ncc(NC(=O)c3nc(-c4ccccc4)oc3C(F)(F)F)cn2)CC1. The summed E-state index contributed by atoms with van der Waals surface area (Å²) in [6, 6.07) is 8.01. The van der Waals surface area contributed by atoms with Gasteiger partial charge in [-0.05, 0) is 31.9 Å². The predicted molar refractivity (Wildman–Crippen MR) is 127 cm³/mol. The molecule has 0 spiro atoms. The fourth-order valence-corrected chi connectivity index (χ4v) is 3.94. The van der Waals surface area contributed by atoms with Gasteiger partial charge >= 0.3 is 12.3 Å². The summed E-state index contributed by atoms with van der Waals surface area (Å²) in [5.74, 6) is -2.50. The van der Waals surface area contributed by atoms with E-state index in [1.54, 1.807) is 37.1 Å². The van der Waals surface area contributed by atoms with Crippen molar-refractivity contribution in [2.24, 2.45) is 0 Å². The van der Waals surface area contributed by atoms with Gasteiger partial charge in [0.05, 0.1) is 24.7 Å². The molecule has 10 nitrogen and oxygen atoms in total. The third-order valence-electron chi connectivity index (χ3n) is 5.87. The molecule has 1 aliphatic rings. The van der Waals surface area contributed by atoms with E-state index in [0.717, 1.165) is 0 Å². The lowest BCUT2D eigenvalue weighted by Gasteiger charge is -2.36. The largest absolute Gasteiger partial charge is 0.452 e. The smallest absolute Gasteiger partial charge is 0.450 e. The third kappa shape index (κ3) is 5.98. The number of rotatable bonds is 6. The Morgan fingerprint density at radius 1 is 1.16 bits per heavy atom. The molecule has 1 aliphatic heterocycles. The summed E-state index contributed by atoms with van der Waals surface area (Å²) in [4.78, 5) is 40.4. The van der Waals surface area contributed by atoms with Crippen LogP contribution in [0.25, 0.3) is 11.5 Å². The number of carbonyl (C=O) groups excluding carboxylic acids is 2. The number of carbonyl (C=O) groups is 2. The number of benzene rings is 1. The van der Waals surface area contributed by atoms with Crippen LogP contribution in [0.15, 0.2) is 47.1 Å². The standard InChI is InChI=1S/C24H25F3N6O4/c1-3-36-23(35)32(2)17-9-11-33(12-10-17)22-28-13-16(14-29-22)30-20(34)18-19(24(25,26)27)37-21(31-18)15-7-5-4-6-8-15/h4-8,13-14,17H,3,9-12H2,1-2H3,(H,30,34). The van der Waals surface area contributed by atoms with Crippen LogP contribution in [0.5, 0.6) is 0 Å². The van der Waals surface area contributed by atoms with E-state index in [-0.39, 0.29) is 23.7 Å². The molecule has 2 aromatic heterocycles. The third-order valence-corrected chi connectivity index (χ3v) is 5.87. The van der Waals surface area contributed by atoms with Crippen LogP contribution >= 0.6 is 0 Å². The van der Waals surface area contributed by atoms with Crippen LogP contribution in [0.4, 0.5) is 29.6 Å². The Balaban J connectivity index is 1.42. The summed E-state index contributed by atoms with van der Waals surface area (Å²) >= 11 is 0. The van der Waals surface area contributed by atoms with E-state index in [1.165, 1.54) is 24.5 Å². The number of nitrogens with one attached hydrogen (secondary N) is 1. The molecule has 0 aliphatic carbocycles. The van der Waals surface area contributed by atoms with Crippen LogP contribution in [0.2, 0.25) is 0 Å². The van der Waals surface area contributed by atoms with E-state index in [9.17, 15) is 22.8 Å². The minimum Gasteiger partial charge on any atom is -0.450 e. The number of hydrogen-bond donors (Lipinski definition) is 1. The molecule has 1 aromatic carbocycles. The minimum absolute atomic E-state index is 0.0277. The van der Waals surface area contributed by atoms with Gasteiger partial charge < -0.3 is 24.3 Å². The van der Waals surface area contributed by atoms with Gasteiger partial charge in [0.1, 0.15) is 0 Å². The molecule has 0 radical (unpaired) electrons. The van der Waals surface area contributed by atoms with Gasteiger partial charge in [0.15, 0.2) is 5.69 Å². The van der Waals surface area contributed by atoms with Crippen molar-refractivity contribution in [1.82, 2.24) is 19.9 Å². The molecule has 196 valence electrons. The highest BCUT2D eigenvalue weighted by atomic mass is 19.4. The highest BCUT2D eigenvalue weighted by Gasteiger charge is 2.42. The second kappa shape index (κ2) is 10.8. The van der Waals surface area contributed by atoms with Crippen molar-refractivity contribution in [1.29, 1.82) is 0 Å². The highest BCUT2D eigenvalue weighted by molar-refractivity contribution is 6.03. The Labute approximate surface area is 210 Å². The molecule has 1 fully saturated rings. The molecule has 0 unspecified atom stereocenters. The number of oxazole rings is 1. The van der Waals surface area contributed by atoms with Gasteiger partial charge in [0.25, 0.3) is 5.91 Å². The number of nitrogens with zero attached hydrogens (tertiary/aromatic N) is 5. The maximum absolute atomic E-state index is 13.5. The number of ether oxygens (including phenoxy) is 1. The fraction of sp³-hybridized carbons (Fsp3) is 0.375. The number of alkyl halides is 3. The Morgan fingerprint density at radius 2 is 1.81 bits per heavy atom. The first-order chi connectivity index (χ1) is 17.7. The van der Waals surface area contributed by atoms with Crippen molar-refractivity contribution in [3.8, 4) is 11.5 Å². The van der Waals surface area contributed by atoms with Gasteiger partial charge in [-0.3, -0.25) is 4.79 Å². The van der Waals surface area contributed by atoms with Crippen LogP contribution in [-0.4, -0.2) is 64.6 Å². The van der Waals surface area contributed by atoms with E-state index < -0.39 is 23.5 Å². The quantitative estimate of drug-likeness (QED) is 0.509. The van der Waals surface area contributed by atoms with Gasteiger partial charge in [-0.1, -0.05) is 18.2 Å². The molecular weight excluding hydrogens is 493 g/mol. The van der Waals surface area contributed by atoms with Crippen molar-refractivity contribution >= 4 is 23.6 Å². The molecule has 4 rings (SSSR count). The predicted octanol–water partition coefficient (Wildman–Crippen LogP) is 4.46. The number of halogens is 3. The first kappa shape index (κ1) is 25.9. The molecule has 37 heavy (non-hydrogen) atoms. The summed E-state index contributed by atoms with van der Waals surface area (Å²) in [6.45, 7) is 3.24.